The molecule has 1 unspecified atom stereocenters. The van der Waals surface area contributed by atoms with Crippen LogP contribution in [-0.4, -0.2) is 39.9 Å². The average molecular weight is 298 g/mol. The second-order valence-corrected chi connectivity index (χ2v) is 4.97. The SMILES string of the molecule is O=C(O)Nc1ncc(C(=O)NC2CCC(=O)NC2=O)s1. The lowest BCUT2D eigenvalue weighted by Crippen LogP contribution is -2.52. The number of piperidine rings is 1. The lowest BCUT2D eigenvalue weighted by Gasteiger charge is -2.21. The summed E-state index contributed by atoms with van der Waals surface area (Å²) in [4.78, 5) is 48.6. The minimum atomic E-state index is -1.28. The number of hydrogen-bond acceptors (Lipinski definition) is 6. The molecule has 1 aliphatic heterocycles. The summed E-state index contributed by atoms with van der Waals surface area (Å²) in [6.07, 6.45) is 0.314. The number of nitrogens with zero attached hydrogens (tertiary/aromatic N) is 1. The number of carboxylic acid groups (broad SMARTS) is 1. The number of carbonyl (C=O) groups is 4. The molecular formula is C10H10N4O5S. The Hall–Kier alpha value is -2.49. The molecule has 4 N–H and O–H groups in total. The Bertz CT molecular complexity index is 584. The summed E-state index contributed by atoms with van der Waals surface area (Å²) >= 11 is 0.846. The number of rotatable bonds is 3. The van der Waals surface area contributed by atoms with E-state index < -0.39 is 23.9 Å². The summed E-state index contributed by atoms with van der Waals surface area (Å²) in [6, 6.07) is -0.779. The van der Waals surface area contributed by atoms with Gasteiger partial charge in [0.25, 0.3) is 5.91 Å². The Labute approximate surface area is 116 Å². The molecule has 1 aromatic heterocycles. The molecule has 1 aliphatic rings. The highest BCUT2D eigenvalue weighted by atomic mass is 32.1. The van der Waals surface area contributed by atoms with E-state index in [1.54, 1.807) is 0 Å². The van der Waals surface area contributed by atoms with Crippen LogP contribution in [0.3, 0.4) is 0 Å². The Morgan fingerprint density at radius 1 is 1.45 bits per heavy atom. The summed E-state index contributed by atoms with van der Waals surface area (Å²) in [5.74, 6) is -1.47. The number of amides is 4. The smallest absolute Gasteiger partial charge is 0.410 e. The van der Waals surface area contributed by atoms with Crippen LogP contribution in [0.2, 0.25) is 0 Å². The fourth-order valence-electron chi connectivity index (χ4n) is 1.59. The second kappa shape index (κ2) is 5.65. The number of anilines is 1. The molecular weight excluding hydrogens is 288 g/mol. The highest BCUT2D eigenvalue weighted by Gasteiger charge is 2.28. The third kappa shape index (κ3) is 3.29. The number of nitrogens with one attached hydrogen (secondary N) is 3. The number of carbonyl (C=O) groups excluding carboxylic acids is 3. The molecule has 2 heterocycles. The molecule has 1 atom stereocenters. The Kier molecular flexibility index (Phi) is 3.94. The minimum absolute atomic E-state index is 0.0610. The zero-order valence-corrected chi connectivity index (χ0v) is 10.8. The van der Waals surface area contributed by atoms with Crippen LogP contribution in [-0.2, 0) is 9.59 Å². The molecule has 1 aromatic rings. The van der Waals surface area contributed by atoms with Crippen molar-refractivity contribution in [1.82, 2.24) is 15.6 Å². The Balaban J connectivity index is 1.98. The van der Waals surface area contributed by atoms with Crippen LogP contribution in [0.15, 0.2) is 6.20 Å². The van der Waals surface area contributed by atoms with E-state index in [0.29, 0.717) is 0 Å². The van der Waals surface area contributed by atoms with Crippen LogP contribution >= 0.6 is 11.3 Å². The first-order chi connectivity index (χ1) is 9.45. The van der Waals surface area contributed by atoms with Gasteiger partial charge in [-0.15, -0.1) is 0 Å². The first-order valence-electron chi connectivity index (χ1n) is 5.56. The van der Waals surface area contributed by atoms with Crippen LogP contribution < -0.4 is 16.0 Å². The van der Waals surface area contributed by atoms with E-state index in [1.807, 2.05) is 5.32 Å². The molecule has 1 saturated heterocycles. The highest BCUT2D eigenvalue weighted by Crippen LogP contribution is 2.18. The van der Waals surface area contributed by atoms with Gasteiger partial charge in [-0.25, -0.2) is 9.78 Å². The molecule has 1 fully saturated rings. The zero-order valence-electron chi connectivity index (χ0n) is 10.0. The van der Waals surface area contributed by atoms with Crippen molar-refractivity contribution in [2.75, 3.05) is 5.32 Å². The molecule has 0 radical (unpaired) electrons. The highest BCUT2D eigenvalue weighted by molar-refractivity contribution is 7.17. The van der Waals surface area contributed by atoms with Gasteiger partial charge in [0, 0.05) is 6.42 Å². The molecule has 0 saturated carbocycles. The summed E-state index contributed by atoms with van der Waals surface area (Å²) < 4.78 is 0. The Morgan fingerprint density at radius 2 is 2.20 bits per heavy atom. The quantitative estimate of drug-likeness (QED) is 0.569. The maximum Gasteiger partial charge on any atom is 0.410 e. The Morgan fingerprint density at radius 3 is 2.85 bits per heavy atom. The molecule has 0 bridgehead atoms. The van der Waals surface area contributed by atoms with Crippen molar-refractivity contribution in [2.24, 2.45) is 0 Å². The van der Waals surface area contributed by atoms with E-state index in [9.17, 15) is 19.2 Å². The van der Waals surface area contributed by atoms with Crippen LogP contribution in [0, 0.1) is 0 Å². The predicted octanol–water partition coefficient (Wildman–Crippen LogP) is -0.232. The number of thiazole rings is 1. The van der Waals surface area contributed by atoms with Crippen molar-refractivity contribution in [3.8, 4) is 0 Å². The monoisotopic (exact) mass is 298 g/mol. The van der Waals surface area contributed by atoms with Gasteiger partial charge >= 0.3 is 6.09 Å². The number of hydrogen-bond donors (Lipinski definition) is 4. The molecule has 20 heavy (non-hydrogen) atoms. The number of aromatic nitrogens is 1. The van der Waals surface area contributed by atoms with Crippen LogP contribution in [0.4, 0.5) is 9.93 Å². The van der Waals surface area contributed by atoms with Gasteiger partial charge in [-0.1, -0.05) is 11.3 Å². The van der Waals surface area contributed by atoms with Crippen molar-refractivity contribution in [1.29, 1.82) is 0 Å². The van der Waals surface area contributed by atoms with Crippen molar-refractivity contribution in [3.05, 3.63) is 11.1 Å². The topological polar surface area (TPSA) is 137 Å². The van der Waals surface area contributed by atoms with Crippen molar-refractivity contribution >= 4 is 40.3 Å². The van der Waals surface area contributed by atoms with E-state index >= 15 is 0 Å². The largest absolute Gasteiger partial charge is 0.465 e. The summed E-state index contributed by atoms with van der Waals surface area (Å²) in [5.41, 5.74) is 0. The molecule has 0 aliphatic carbocycles. The fraction of sp³-hybridized carbons (Fsp3) is 0.300. The van der Waals surface area contributed by atoms with Crippen LogP contribution in [0.5, 0.6) is 0 Å². The molecule has 2 rings (SSSR count). The molecule has 9 nitrogen and oxygen atoms in total. The van der Waals surface area contributed by atoms with Gasteiger partial charge in [-0.2, -0.15) is 0 Å². The number of imide groups is 1. The van der Waals surface area contributed by atoms with Gasteiger partial charge in [-0.05, 0) is 6.42 Å². The van der Waals surface area contributed by atoms with Gasteiger partial charge < -0.3 is 10.4 Å². The fourth-order valence-corrected chi connectivity index (χ4v) is 2.30. The van der Waals surface area contributed by atoms with Crippen molar-refractivity contribution in [2.45, 2.75) is 18.9 Å². The summed E-state index contributed by atoms with van der Waals surface area (Å²) in [7, 11) is 0. The molecule has 0 aromatic carbocycles. The third-order valence-electron chi connectivity index (χ3n) is 2.49. The van der Waals surface area contributed by atoms with Gasteiger partial charge in [0.2, 0.25) is 11.8 Å². The van der Waals surface area contributed by atoms with Gasteiger partial charge in [0.15, 0.2) is 5.13 Å². The maximum atomic E-state index is 11.9. The average Bonchev–Trinajstić information content (AvgIpc) is 2.80. The summed E-state index contributed by atoms with van der Waals surface area (Å²) in [6.45, 7) is 0. The van der Waals surface area contributed by atoms with E-state index in [-0.39, 0.29) is 28.8 Å². The molecule has 0 spiro atoms. The van der Waals surface area contributed by atoms with Gasteiger partial charge in [0.1, 0.15) is 10.9 Å². The normalized spacial score (nSPS) is 18.3. The lowest BCUT2D eigenvalue weighted by molar-refractivity contribution is -0.134. The summed E-state index contributed by atoms with van der Waals surface area (Å²) in [5, 5.41) is 15.2. The van der Waals surface area contributed by atoms with E-state index in [1.165, 1.54) is 6.20 Å². The van der Waals surface area contributed by atoms with Crippen LogP contribution in [0.1, 0.15) is 22.5 Å². The third-order valence-corrected chi connectivity index (χ3v) is 3.40. The standard InChI is InChI=1S/C10H10N4O5S/c15-6-2-1-4(7(16)13-6)12-8(17)5-3-11-9(20-5)14-10(18)19/h3-4H,1-2H2,(H,11,14)(H,12,17)(H,18,19)(H,13,15,16). The van der Waals surface area contributed by atoms with Gasteiger partial charge in [-0.3, -0.25) is 25.0 Å². The van der Waals surface area contributed by atoms with Crippen LogP contribution in [0.25, 0.3) is 0 Å². The lowest BCUT2D eigenvalue weighted by atomic mass is 10.1. The minimum Gasteiger partial charge on any atom is -0.465 e. The second-order valence-electron chi connectivity index (χ2n) is 3.94. The molecule has 10 heteroatoms. The van der Waals surface area contributed by atoms with Gasteiger partial charge in [0.05, 0.1) is 6.20 Å². The predicted molar refractivity (Wildman–Crippen MR) is 67.4 cm³/mol. The van der Waals surface area contributed by atoms with E-state index in [2.05, 4.69) is 15.6 Å². The first kappa shape index (κ1) is 13.9. The van der Waals surface area contributed by atoms with E-state index in [0.717, 1.165) is 11.3 Å². The van der Waals surface area contributed by atoms with Crippen molar-refractivity contribution < 1.29 is 24.3 Å². The zero-order chi connectivity index (χ0) is 14.7. The molecule has 4 amide bonds. The van der Waals surface area contributed by atoms with E-state index in [4.69, 9.17) is 5.11 Å². The molecule has 106 valence electrons. The maximum absolute atomic E-state index is 11.9. The first-order valence-corrected chi connectivity index (χ1v) is 6.37. The van der Waals surface area contributed by atoms with Crippen molar-refractivity contribution in [3.63, 3.8) is 0 Å².